The normalized spacial score (nSPS) is 23.7. The first-order valence-corrected chi connectivity index (χ1v) is 13.7. The van der Waals surface area contributed by atoms with Crippen molar-refractivity contribution < 1.29 is 0 Å². The van der Waals surface area contributed by atoms with Crippen molar-refractivity contribution in [2.24, 2.45) is 11.8 Å². The molecule has 172 valence electrons. The molecule has 0 bridgehead atoms. The van der Waals surface area contributed by atoms with E-state index in [0.29, 0.717) is 0 Å². The van der Waals surface area contributed by atoms with Crippen molar-refractivity contribution in [3.05, 3.63) is 65.7 Å². The van der Waals surface area contributed by atoms with Gasteiger partial charge in [-0.3, -0.25) is 0 Å². The van der Waals surface area contributed by atoms with Gasteiger partial charge in [-0.1, -0.05) is 107 Å². The van der Waals surface area contributed by atoms with Crippen LogP contribution in [0.3, 0.4) is 0 Å². The topological polar surface area (TPSA) is 0 Å². The average Bonchev–Trinajstić information content (AvgIpc) is 2.87. The predicted octanol–water partition coefficient (Wildman–Crippen LogP) is 10.2. The van der Waals surface area contributed by atoms with E-state index in [1.807, 2.05) is 0 Å². The number of hydrogen-bond donors (Lipinski definition) is 0. The van der Waals surface area contributed by atoms with Gasteiger partial charge in [0.2, 0.25) is 0 Å². The van der Waals surface area contributed by atoms with Gasteiger partial charge in [0.25, 0.3) is 0 Å². The van der Waals surface area contributed by atoms with Gasteiger partial charge in [-0.25, -0.2) is 0 Å². The molecule has 2 aliphatic carbocycles. The van der Waals surface area contributed by atoms with E-state index in [9.17, 15) is 0 Å². The van der Waals surface area contributed by atoms with Crippen LogP contribution >= 0.6 is 0 Å². The fourth-order valence-corrected chi connectivity index (χ4v) is 5.99. The van der Waals surface area contributed by atoms with Crippen LogP contribution in [0.2, 0.25) is 0 Å². The van der Waals surface area contributed by atoms with Gasteiger partial charge in [0.1, 0.15) is 0 Å². The zero-order valence-electron chi connectivity index (χ0n) is 20.6. The van der Waals surface area contributed by atoms with Crippen LogP contribution in [0.1, 0.15) is 114 Å². The summed E-state index contributed by atoms with van der Waals surface area (Å²) < 4.78 is 0. The summed E-state index contributed by atoms with van der Waals surface area (Å²) in [6, 6.07) is 18.8. The second-order valence-electron chi connectivity index (χ2n) is 10.5. The lowest BCUT2D eigenvalue weighted by Gasteiger charge is -2.29. The number of hydrogen-bond acceptors (Lipinski definition) is 0. The molecule has 0 nitrogen and oxygen atoms in total. The summed E-state index contributed by atoms with van der Waals surface area (Å²) in [6.07, 6.45) is 20.5. The van der Waals surface area contributed by atoms with Gasteiger partial charge in [-0.15, -0.1) is 0 Å². The molecule has 1 saturated carbocycles. The quantitative estimate of drug-likeness (QED) is 0.348. The lowest BCUT2D eigenvalue weighted by Crippen LogP contribution is -2.13. The molecule has 2 aliphatic rings. The standard InChI is InChI=1S/C32H44/c1-3-5-6-7-8-26-11-15-28(16-12-26)30-19-23-32(24-20-30)31-21-17-29(18-22-31)27-13-9-25(4-2)10-14-27/h13,17-26,28H,3-12,14-16H2,1-2H3. The highest BCUT2D eigenvalue weighted by Crippen LogP contribution is 2.38. The van der Waals surface area contributed by atoms with Gasteiger partial charge >= 0.3 is 0 Å². The Hall–Kier alpha value is -1.82. The van der Waals surface area contributed by atoms with E-state index in [4.69, 9.17) is 0 Å². The van der Waals surface area contributed by atoms with Gasteiger partial charge in [-0.05, 0) is 90.5 Å². The fourth-order valence-electron chi connectivity index (χ4n) is 5.99. The summed E-state index contributed by atoms with van der Waals surface area (Å²) >= 11 is 0. The molecule has 0 amide bonds. The second-order valence-corrected chi connectivity index (χ2v) is 10.5. The molecule has 0 aromatic heterocycles. The molecule has 0 aliphatic heterocycles. The number of rotatable bonds is 9. The number of allylic oxidation sites excluding steroid dienone is 2. The molecule has 0 saturated heterocycles. The molecule has 4 rings (SSSR count). The lowest BCUT2D eigenvalue weighted by molar-refractivity contribution is 0.302. The van der Waals surface area contributed by atoms with Crippen LogP contribution in [-0.4, -0.2) is 0 Å². The monoisotopic (exact) mass is 428 g/mol. The van der Waals surface area contributed by atoms with Crippen molar-refractivity contribution in [3.8, 4) is 11.1 Å². The first-order chi connectivity index (χ1) is 15.8. The molecule has 0 heteroatoms. The first kappa shape index (κ1) is 23.3. The van der Waals surface area contributed by atoms with E-state index in [2.05, 4.69) is 68.5 Å². The van der Waals surface area contributed by atoms with Gasteiger partial charge in [0, 0.05) is 0 Å². The zero-order chi connectivity index (χ0) is 22.2. The largest absolute Gasteiger partial charge is 0.0804 e. The van der Waals surface area contributed by atoms with E-state index in [1.54, 1.807) is 11.1 Å². The molecule has 0 radical (unpaired) electrons. The Morgan fingerprint density at radius 2 is 1.31 bits per heavy atom. The fraction of sp³-hybridized carbons (Fsp3) is 0.562. The molecule has 0 N–H and O–H groups in total. The molecule has 1 unspecified atom stereocenters. The van der Waals surface area contributed by atoms with E-state index in [-0.39, 0.29) is 0 Å². The van der Waals surface area contributed by atoms with Crippen LogP contribution in [0.5, 0.6) is 0 Å². The smallest absolute Gasteiger partial charge is 0.0162 e. The molecule has 32 heavy (non-hydrogen) atoms. The molecule has 2 aromatic carbocycles. The third kappa shape index (κ3) is 6.15. The molecule has 1 fully saturated rings. The minimum absolute atomic E-state index is 0.781. The Labute approximate surface area is 197 Å². The Morgan fingerprint density at radius 3 is 1.91 bits per heavy atom. The van der Waals surface area contributed by atoms with Gasteiger partial charge < -0.3 is 0 Å². The van der Waals surface area contributed by atoms with Crippen molar-refractivity contribution in [1.29, 1.82) is 0 Å². The number of benzene rings is 2. The van der Waals surface area contributed by atoms with Crippen LogP contribution in [-0.2, 0) is 0 Å². The summed E-state index contributed by atoms with van der Waals surface area (Å²) in [5.41, 5.74) is 7.24. The van der Waals surface area contributed by atoms with Crippen molar-refractivity contribution in [2.45, 2.75) is 103 Å². The van der Waals surface area contributed by atoms with E-state index < -0.39 is 0 Å². The average molecular weight is 429 g/mol. The maximum Gasteiger partial charge on any atom is -0.0162 e. The van der Waals surface area contributed by atoms with Crippen LogP contribution < -0.4 is 0 Å². The van der Waals surface area contributed by atoms with Crippen LogP contribution in [0.25, 0.3) is 16.7 Å². The predicted molar refractivity (Wildman–Crippen MR) is 141 cm³/mol. The van der Waals surface area contributed by atoms with E-state index in [0.717, 1.165) is 17.8 Å². The zero-order valence-corrected chi connectivity index (χ0v) is 20.6. The third-order valence-electron chi connectivity index (χ3n) is 8.38. The SMILES string of the molecule is CCCCCCC1CCC(c2ccc(-c3ccc(C4=CCC(CC)CC4)cc3)cc2)CC1. The van der Waals surface area contributed by atoms with Gasteiger partial charge in [0.15, 0.2) is 0 Å². The minimum atomic E-state index is 0.781. The molecular weight excluding hydrogens is 384 g/mol. The molecule has 0 heterocycles. The Kier molecular flexibility index (Phi) is 8.66. The highest BCUT2D eigenvalue weighted by molar-refractivity contribution is 5.71. The third-order valence-corrected chi connectivity index (χ3v) is 8.38. The minimum Gasteiger partial charge on any atom is -0.0804 e. The van der Waals surface area contributed by atoms with Crippen LogP contribution in [0.15, 0.2) is 54.6 Å². The molecule has 0 spiro atoms. The van der Waals surface area contributed by atoms with Gasteiger partial charge in [0.05, 0.1) is 0 Å². The second kappa shape index (κ2) is 11.9. The van der Waals surface area contributed by atoms with Gasteiger partial charge in [-0.2, -0.15) is 0 Å². The van der Waals surface area contributed by atoms with Crippen LogP contribution in [0.4, 0.5) is 0 Å². The molecule has 2 aromatic rings. The Balaban J connectivity index is 1.30. The highest BCUT2D eigenvalue weighted by Gasteiger charge is 2.22. The maximum atomic E-state index is 2.49. The first-order valence-electron chi connectivity index (χ1n) is 13.7. The molecular formula is C32H44. The van der Waals surface area contributed by atoms with Crippen molar-refractivity contribution in [1.82, 2.24) is 0 Å². The summed E-state index contributed by atoms with van der Waals surface area (Å²) in [5.74, 6) is 2.67. The van der Waals surface area contributed by atoms with Crippen molar-refractivity contribution in [3.63, 3.8) is 0 Å². The highest BCUT2D eigenvalue weighted by atomic mass is 14.3. The summed E-state index contributed by atoms with van der Waals surface area (Å²) in [6.45, 7) is 4.63. The lowest BCUT2D eigenvalue weighted by atomic mass is 9.77. The van der Waals surface area contributed by atoms with Crippen molar-refractivity contribution >= 4 is 5.57 Å². The maximum absolute atomic E-state index is 2.49. The Morgan fingerprint density at radius 1 is 0.656 bits per heavy atom. The van der Waals surface area contributed by atoms with E-state index >= 15 is 0 Å². The summed E-state index contributed by atoms with van der Waals surface area (Å²) in [7, 11) is 0. The summed E-state index contributed by atoms with van der Waals surface area (Å²) in [4.78, 5) is 0. The summed E-state index contributed by atoms with van der Waals surface area (Å²) in [5, 5.41) is 0. The Bertz CT molecular complexity index is 831. The van der Waals surface area contributed by atoms with Crippen LogP contribution in [0, 0.1) is 11.8 Å². The van der Waals surface area contributed by atoms with Crippen molar-refractivity contribution in [2.75, 3.05) is 0 Å². The van der Waals surface area contributed by atoms with E-state index in [1.165, 1.54) is 100 Å². The molecule has 1 atom stereocenters. The number of unbranched alkanes of at least 4 members (excludes halogenated alkanes) is 3.